The summed E-state index contributed by atoms with van der Waals surface area (Å²) >= 11 is 5.93. The number of morpholine rings is 1. The Labute approximate surface area is 148 Å². The Morgan fingerprint density at radius 2 is 2.04 bits per heavy atom. The lowest BCUT2D eigenvalue weighted by atomic mass is 9.94. The Morgan fingerprint density at radius 1 is 1.30 bits per heavy atom. The topological polar surface area (TPSA) is 55.6 Å². The first-order chi connectivity index (χ1) is 10.7. The van der Waals surface area contributed by atoms with E-state index in [4.69, 9.17) is 22.1 Å². The molecular weight excluding hydrogens is 335 g/mol. The second-order valence-corrected chi connectivity index (χ2v) is 6.66. The van der Waals surface area contributed by atoms with Crippen LogP contribution in [0.3, 0.4) is 0 Å². The maximum absolute atomic E-state index is 12.8. The van der Waals surface area contributed by atoms with Crippen LogP contribution in [0, 0.1) is 11.8 Å². The van der Waals surface area contributed by atoms with Gasteiger partial charge in [0.2, 0.25) is 5.91 Å². The molecule has 2 aliphatic rings. The highest BCUT2D eigenvalue weighted by Crippen LogP contribution is 2.33. The van der Waals surface area contributed by atoms with E-state index in [0.29, 0.717) is 37.2 Å². The molecule has 3 atom stereocenters. The van der Waals surface area contributed by atoms with Gasteiger partial charge in [-0.3, -0.25) is 4.79 Å². The van der Waals surface area contributed by atoms with Crippen molar-refractivity contribution < 1.29 is 9.53 Å². The molecule has 6 heteroatoms. The van der Waals surface area contributed by atoms with Crippen LogP contribution in [0.2, 0.25) is 5.02 Å². The van der Waals surface area contributed by atoms with Gasteiger partial charge in [0, 0.05) is 17.5 Å². The summed E-state index contributed by atoms with van der Waals surface area (Å²) in [5, 5.41) is 0.712. The number of rotatable bonds is 3. The zero-order chi connectivity index (χ0) is 15.5. The van der Waals surface area contributed by atoms with Gasteiger partial charge in [0.15, 0.2) is 0 Å². The predicted molar refractivity (Wildman–Crippen MR) is 93.9 cm³/mol. The molecule has 1 aliphatic carbocycles. The van der Waals surface area contributed by atoms with E-state index in [1.807, 2.05) is 29.2 Å². The van der Waals surface area contributed by atoms with Gasteiger partial charge in [-0.1, -0.05) is 30.2 Å². The van der Waals surface area contributed by atoms with E-state index in [2.05, 4.69) is 0 Å². The summed E-state index contributed by atoms with van der Waals surface area (Å²) in [5.41, 5.74) is 6.89. The van der Waals surface area contributed by atoms with Gasteiger partial charge in [0.05, 0.1) is 13.2 Å². The molecule has 0 spiro atoms. The molecule has 4 nitrogen and oxygen atoms in total. The minimum Gasteiger partial charge on any atom is -0.370 e. The number of hydrogen-bond donors (Lipinski definition) is 1. The number of hydrogen-bond acceptors (Lipinski definition) is 3. The first kappa shape index (κ1) is 18.5. The normalized spacial score (nSPS) is 27.6. The number of benzene rings is 1. The van der Waals surface area contributed by atoms with Crippen LogP contribution in [0.25, 0.3) is 0 Å². The van der Waals surface area contributed by atoms with Crippen LogP contribution >= 0.6 is 24.0 Å². The zero-order valence-electron chi connectivity index (χ0n) is 13.1. The molecule has 23 heavy (non-hydrogen) atoms. The predicted octanol–water partition coefficient (Wildman–Crippen LogP) is 3.04. The van der Waals surface area contributed by atoms with Crippen LogP contribution in [-0.4, -0.2) is 37.0 Å². The largest absolute Gasteiger partial charge is 0.370 e. The van der Waals surface area contributed by atoms with Gasteiger partial charge in [-0.05, 0) is 43.0 Å². The summed E-state index contributed by atoms with van der Waals surface area (Å²) < 4.78 is 5.84. The van der Waals surface area contributed by atoms with Crippen molar-refractivity contribution in [3.8, 4) is 0 Å². The number of nitrogens with two attached hydrogens (primary N) is 1. The summed E-state index contributed by atoms with van der Waals surface area (Å²) in [6, 6.07) is 7.67. The first-order valence-electron chi connectivity index (χ1n) is 8.05. The Bertz CT molecular complexity index is 524. The molecule has 1 saturated carbocycles. The van der Waals surface area contributed by atoms with Gasteiger partial charge in [0.1, 0.15) is 6.10 Å². The van der Waals surface area contributed by atoms with Gasteiger partial charge >= 0.3 is 0 Å². The van der Waals surface area contributed by atoms with Crippen LogP contribution in [0.5, 0.6) is 0 Å². The highest BCUT2D eigenvalue weighted by Gasteiger charge is 2.36. The van der Waals surface area contributed by atoms with Gasteiger partial charge in [-0.15, -0.1) is 12.4 Å². The number of amides is 1. The monoisotopic (exact) mass is 358 g/mol. The second-order valence-electron chi connectivity index (χ2n) is 6.23. The molecule has 1 unspecified atom stereocenters. The van der Waals surface area contributed by atoms with Gasteiger partial charge < -0.3 is 15.4 Å². The van der Waals surface area contributed by atoms with Crippen LogP contribution in [-0.2, 0) is 9.53 Å². The molecule has 0 aromatic heterocycles. The quantitative estimate of drug-likeness (QED) is 0.903. The van der Waals surface area contributed by atoms with Crippen molar-refractivity contribution in [2.45, 2.75) is 25.4 Å². The molecule has 1 aromatic carbocycles. The molecule has 1 amide bonds. The average molecular weight is 359 g/mol. The third kappa shape index (κ3) is 4.18. The Balaban J connectivity index is 0.00000192. The highest BCUT2D eigenvalue weighted by molar-refractivity contribution is 6.30. The Kier molecular flexibility index (Phi) is 6.72. The standard InChI is InChI=1S/C17H23ClN2O2.ClH/c18-14-6-4-12(5-7-14)16-11-20(8-9-22-16)17(21)15-3-1-2-13(15)10-19;/h4-7,13,15-16H,1-3,8-11,19H2;1H/t13-,15-,16?;/m1./s1. The number of carbonyl (C=O) groups excluding carboxylic acids is 1. The van der Waals surface area contributed by atoms with Gasteiger partial charge in [-0.25, -0.2) is 0 Å². The summed E-state index contributed by atoms with van der Waals surface area (Å²) in [6.45, 7) is 2.49. The zero-order valence-corrected chi connectivity index (χ0v) is 14.7. The number of halogens is 2. The fourth-order valence-electron chi connectivity index (χ4n) is 3.61. The second kappa shape index (κ2) is 8.34. The van der Waals surface area contributed by atoms with E-state index in [-0.39, 0.29) is 30.3 Å². The summed E-state index contributed by atoms with van der Waals surface area (Å²) in [7, 11) is 0. The number of nitrogens with zero attached hydrogens (tertiary/aromatic N) is 1. The Hall–Kier alpha value is -0.810. The van der Waals surface area contributed by atoms with Crippen molar-refractivity contribution in [3.05, 3.63) is 34.9 Å². The lowest BCUT2D eigenvalue weighted by Crippen LogP contribution is -2.46. The first-order valence-corrected chi connectivity index (χ1v) is 8.42. The van der Waals surface area contributed by atoms with Crippen LogP contribution in [0.1, 0.15) is 30.9 Å². The summed E-state index contributed by atoms with van der Waals surface area (Å²) in [6.07, 6.45) is 3.11. The van der Waals surface area contributed by atoms with Crippen LogP contribution < -0.4 is 5.73 Å². The van der Waals surface area contributed by atoms with Crippen LogP contribution in [0.4, 0.5) is 0 Å². The highest BCUT2D eigenvalue weighted by atomic mass is 35.5. The molecular formula is C17H24Cl2N2O2. The lowest BCUT2D eigenvalue weighted by molar-refractivity contribution is -0.144. The molecule has 128 valence electrons. The van der Waals surface area contributed by atoms with Crippen molar-refractivity contribution in [3.63, 3.8) is 0 Å². The third-order valence-electron chi connectivity index (χ3n) is 4.90. The van der Waals surface area contributed by atoms with Crippen molar-refractivity contribution in [2.24, 2.45) is 17.6 Å². The Morgan fingerprint density at radius 3 is 2.74 bits per heavy atom. The number of carbonyl (C=O) groups is 1. The fourth-order valence-corrected chi connectivity index (χ4v) is 3.73. The minimum atomic E-state index is -0.0623. The van der Waals surface area contributed by atoms with Gasteiger partial charge in [-0.2, -0.15) is 0 Å². The van der Waals surface area contributed by atoms with Crippen molar-refractivity contribution >= 4 is 29.9 Å². The maximum Gasteiger partial charge on any atom is 0.226 e. The molecule has 1 saturated heterocycles. The smallest absolute Gasteiger partial charge is 0.226 e. The van der Waals surface area contributed by atoms with Crippen molar-refractivity contribution in [2.75, 3.05) is 26.2 Å². The van der Waals surface area contributed by atoms with E-state index in [0.717, 1.165) is 24.8 Å². The average Bonchev–Trinajstić information content (AvgIpc) is 3.03. The van der Waals surface area contributed by atoms with E-state index < -0.39 is 0 Å². The van der Waals surface area contributed by atoms with E-state index in [1.165, 1.54) is 0 Å². The molecule has 1 aromatic rings. The molecule has 0 bridgehead atoms. The molecule has 3 rings (SSSR count). The van der Waals surface area contributed by atoms with Crippen LogP contribution in [0.15, 0.2) is 24.3 Å². The van der Waals surface area contributed by atoms with E-state index in [1.54, 1.807) is 0 Å². The van der Waals surface area contributed by atoms with Gasteiger partial charge in [0.25, 0.3) is 0 Å². The summed E-state index contributed by atoms with van der Waals surface area (Å²) in [4.78, 5) is 14.8. The van der Waals surface area contributed by atoms with E-state index in [9.17, 15) is 4.79 Å². The lowest BCUT2D eigenvalue weighted by Gasteiger charge is -2.35. The van der Waals surface area contributed by atoms with Crippen molar-refractivity contribution in [1.29, 1.82) is 0 Å². The maximum atomic E-state index is 12.8. The molecule has 0 radical (unpaired) electrons. The third-order valence-corrected chi connectivity index (χ3v) is 5.15. The number of ether oxygens (including phenoxy) is 1. The minimum absolute atomic E-state index is 0. The fraction of sp³-hybridized carbons (Fsp3) is 0.588. The summed E-state index contributed by atoms with van der Waals surface area (Å²) in [5.74, 6) is 0.716. The molecule has 2 N–H and O–H groups in total. The SMILES string of the molecule is Cl.NC[C@H]1CCC[C@H]1C(=O)N1CCOC(c2ccc(Cl)cc2)C1. The van der Waals surface area contributed by atoms with Crippen molar-refractivity contribution in [1.82, 2.24) is 4.90 Å². The van der Waals surface area contributed by atoms with E-state index >= 15 is 0 Å². The molecule has 1 aliphatic heterocycles. The molecule has 1 heterocycles. The molecule has 2 fully saturated rings.